The van der Waals surface area contributed by atoms with Crippen LogP contribution in [0.3, 0.4) is 0 Å². The molecule has 1 aliphatic carbocycles. The van der Waals surface area contributed by atoms with Crippen molar-refractivity contribution in [3.8, 4) is 0 Å². The quantitative estimate of drug-likeness (QED) is 0.872. The van der Waals surface area contributed by atoms with Crippen LogP contribution >= 0.6 is 11.6 Å². The van der Waals surface area contributed by atoms with E-state index in [2.05, 4.69) is 0 Å². The molecule has 2 rings (SSSR count). The predicted octanol–water partition coefficient (Wildman–Crippen LogP) is 2.65. The number of rotatable bonds is 3. The zero-order valence-electron chi connectivity index (χ0n) is 10.8. The maximum Gasteiger partial charge on any atom is 0.181 e. The van der Waals surface area contributed by atoms with Gasteiger partial charge in [-0.05, 0) is 43.9 Å². The zero-order valence-corrected chi connectivity index (χ0v) is 12.4. The summed E-state index contributed by atoms with van der Waals surface area (Å²) in [7, 11) is -1.74. The third-order valence-corrected chi connectivity index (χ3v) is 6.19. The number of anilines is 1. The van der Waals surface area contributed by atoms with Crippen LogP contribution in [0.2, 0.25) is 5.02 Å². The van der Waals surface area contributed by atoms with Crippen LogP contribution in [-0.4, -0.2) is 26.9 Å². The molecule has 0 radical (unpaired) electrons. The minimum atomic E-state index is -3.36. The van der Waals surface area contributed by atoms with E-state index in [0.717, 1.165) is 12.8 Å². The second-order valence-corrected chi connectivity index (χ2v) is 7.51. The van der Waals surface area contributed by atoms with E-state index >= 15 is 0 Å². The van der Waals surface area contributed by atoms with E-state index in [1.54, 1.807) is 7.11 Å². The summed E-state index contributed by atoms with van der Waals surface area (Å²) in [6.07, 6.45) is 3.03. The monoisotopic (exact) mass is 303 g/mol. The average Bonchev–Trinajstić information content (AvgIpc) is 2.41. The summed E-state index contributed by atoms with van der Waals surface area (Å²) in [6, 6.07) is 4.49. The molecule has 1 aromatic carbocycles. The van der Waals surface area contributed by atoms with Crippen LogP contribution in [0, 0.1) is 0 Å². The molecule has 1 saturated carbocycles. The summed E-state index contributed by atoms with van der Waals surface area (Å²) in [6.45, 7) is 0. The molecule has 2 unspecified atom stereocenters. The highest BCUT2D eigenvalue weighted by Crippen LogP contribution is 2.32. The van der Waals surface area contributed by atoms with Gasteiger partial charge in [-0.25, -0.2) is 8.42 Å². The van der Waals surface area contributed by atoms with Gasteiger partial charge in [0, 0.05) is 7.11 Å². The van der Waals surface area contributed by atoms with E-state index in [1.165, 1.54) is 18.2 Å². The first-order valence-electron chi connectivity index (χ1n) is 6.27. The minimum absolute atomic E-state index is 0.0257. The average molecular weight is 304 g/mol. The molecule has 2 N–H and O–H groups in total. The van der Waals surface area contributed by atoms with E-state index in [1.807, 2.05) is 0 Å². The summed E-state index contributed by atoms with van der Waals surface area (Å²) in [5.41, 5.74) is 6.00. The second-order valence-electron chi connectivity index (χ2n) is 4.87. The van der Waals surface area contributed by atoms with Crippen molar-refractivity contribution in [1.82, 2.24) is 0 Å². The van der Waals surface area contributed by atoms with Crippen molar-refractivity contribution in [3.63, 3.8) is 0 Å². The van der Waals surface area contributed by atoms with Crippen LogP contribution in [-0.2, 0) is 14.6 Å². The summed E-state index contributed by atoms with van der Waals surface area (Å²) < 4.78 is 30.4. The van der Waals surface area contributed by atoms with E-state index < -0.39 is 15.1 Å². The number of halogens is 1. The van der Waals surface area contributed by atoms with Crippen molar-refractivity contribution in [2.75, 3.05) is 12.8 Å². The lowest BCUT2D eigenvalue weighted by atomic mass is 9.97. The van der Waals surface area contributed by atoms with Gasteiger partial charge in [0.15, 0.2) is 9.84 Å². The highest BCUT2D eigenvalue weighted by molar-refractivity contribution is 7.92. The number of methoxy groups -OCH3 is 1. The van der Waals surface area contributed by atoms with Crippen LogP contribution in [0.5, 0.6) is 0 Å². The number of hydrogen-bond acceptors (Lipinski definition) is 4. The number of benzene rings is 1. The molecule has 0 aliphatic heterocycles. The fraction of sp³-hybridized carbons (Fsp3) is 0.538. The molecule has 0 aromatic heterocycles. The lowest BCUT2D eigenvalue weighted by molar-refractivity contribution is 0.0720. The largest absolute Gasteiger partial charge is 0.398 e. The van der Waals surface area contributed by atoms with Gasteiger partial charge in [0.25, 0.3) is 0 Å². The summed E-state index contributed by atoms with van der Waals surface area (Å²) in [5.74, 6) is 0. The molecule has 2 atom stereocenters. The van der Waals surface area contributed by atoms with Crippen LogP contribution in [0.25, 0.3) is 0 Å². The predicted molar refractivity (Wildman–Crippen MR) is 76.1 cm³/mol. The van der Waals surface area contributed by atoms with Crippen LogP contribution < -0.4 is 5.73 Å². The number of nitrogen functional groups attached to an aromatic ring is 1. The lowest BCUT2D eigenvalue weighted by Gasteiger charge is -2.28. The van der Waals surface area contributed by atoms with Crippen molar-refractivity contribution in [2.24, 2.45) is 0 Å². The molecule has 1 aromatic rings. The molecule has 106 valence electrons. The summed E-state index contributed by atoms with van der Waals surface area (Å²) in [4.78, 5) is 0.244. The number of ether oxygens (including phenoxy) is 1. The first-order chi connectivity index (χ1) is 8.95. The Morgan fingerprint density at radius 3 is 2.74 bits per heavy atom. The second kappa shape index (κ2) is 5.69. The Morgan fingerprint density at radius 1 is 1.37 bits per heavy atom. The molecular formula is C13H18ClNO3S. The number of hydrogen-bond donors (Lipinski definition) is 1. The fourth-order valence-corrected chi connectivity index (χ4v) is 4.59. The molecule has 19 heavy (non-hydrogen) atoms. The summed E-state index contributed by atoms with van der Waals surface area (Å²) >= 11 is 5.90. The fourth-order valence-electron chi connectivity index (χ4n) is 2.48. The Bertz CT molecular complexity index is 559. The molecule has 1 aliphatic rings. The van der Waals surface area contributed by atoms with Gasteiger partial charge in [0.1, 0.15) is 0 Å². The van der Waals surface area contributed by atoms with E-state index in [9.17, 15) is 8.42 Å². The van der Waals surface area contributed by atoms with Gasteiger partial charge in [-0.3, -0.25) is 0 Å². The Morgan fingerprint density at radius 2 is 2.11 bits per heavy atom. The molecular weight excluding hydrogens is 286 g/mol. The Labute approximate surface area is 118 Å². The summed E-state index contributed by atoms with van der Waals surface area (Å²) in [5, 5.41) is -0.119. The molecule has 0 amide bonds. The van der Waals surface area contributed by atoms with Crippen molar-refractivity contribution >= 4 is 27.1 Å². The van der Waals surface area contributed by atoms with Gasteiger partial charge < -0.3 is 10.5 Å². The van der Waals surface area contributed by atoms with Gasteiger partial charge in [-0.2, -0.15) is 0 Å². The van der Waals surface area contributed by atoms with Crippen molar-refractivity contribution < 1.29 is 13.2 Å². The SMILES string of the molecule is COC1CCCC(S(=O)(=O)c2ccc(N)c(Cl)c2)C1. The lowest BCUT2D eigenvalue weighted by Crippen LogP contribution is -2.31. The smallest absolute Gasteiger partial charge is 0.181 e. The Balaban J connectivity index is 2.28. The first-order valence-corrected chi connectivity index (χ1v) is 8.19. The van der Waals surface area contributed by atoms with Crippen LogP contribution in [0.1, 0.15) is 25.7 Å². The van der Waals surface area contributed by atoms with Crippen molar-refractivity contribution in [2.45, 2.75) is 41.9 Å². The molecule has 0 bridgehead atoms. The molecule has 0 spiro atoms. The topological polar surface area (TPSA) is 69.4 Å². The number of sulfone groups is 1. The van der Waals surface area contributed by atoms with Gasteiger partial charge in [-0.1, -0.05) is 11.6 Å². The van der Waals surface area contributed by atoms with E-state index in [-0.39, 0.29) is 16.0 Å². The Kier molecular flexibility index (Phi) is 4.38. The van der Waals surface area contributed by atoms with Gasteiger partial charge >= 0.3 is 0 Å². The number of nitrogens with two attached hydrogens (primary N) is 1. The third-order valence-electron chi connectivity index (χ3n) is 3.65. The molecule has 4 nitrogen and oxygen atoms in total. The molecule has 0 heterocycles. The highest BCUT2D eigenvalue weighted by atomic mass is 35.5. The zero-order chi connectivity index (χ0) is 14.0. The normalized spacial score (nSPS) is 24.3. The van der Waals surface area contributed by atoms with Gasteiger partial charge in [0.05, 0.1) is 27.0 Å². The molecule has 6 heteroatoms. The molecule has 1 fully saturated rings. The van der Waals surface area contributed by atoms with Crippen molar-refractivity contribution in [3.05, 3.63) is 23.2 Å². The van der Waals surface area contributed by atoms with E-state index in [4.69, 9.17) is 22.1 Å². The standard InChI is InChI=1S/C13H18ClNO3S/c1-18-9-3-2-4-10(7-9)19(16,17)11-5-6-13(15)12(14)8-11/h5-6,8-10H,2-4,7,15H2,1H3. The first kappa shape index (κ1) is 14.6. The van der Waals surface area contributed by atoms with Crippen LogP contribution in [0.15, 0.2) is 23.1 Å². The van der Waals surface area contributed by atoms with Crippen molar-refractivity contribution in [1.29, 1.82) is 0 Å². The maximum absolute atomic E-state index is 12.6. The third kappa shape index (κ3) is 3.04. The van der Waals surface area contributed by atoms with E-state index in [0.29, 0.717) is 18.5 Å². The van der Waals surface area contributed by atoms with Crippen LogP contribution in [0.4, 0.5) is 5.69 Å². The van der Waals surface area contributed by atoms with Gasteiger partial charge in [-0.15, -0.1) is 0 Å². The highest BCUT2D eigenvalue weighted by Gasteiger charge is 2.33. The Hall–Kier alpha value is -0.780. The molecule has 0 saturated heterocycles. The maximum atomic E-state index is 12.6. The van der Waals surface area contributed by atoms with Gasteiger partial charge in [0.2, 0.25) is 0 Å². The minimum Gasteiger partial charge on any atom is -0.398 e.